The molecule has 31 heavy (non-hydrogen) atoms. The number of amides is 1. The predicted octanol–water partition coefficient (Wildman–Crippen LogP) is 3.93. The molecule has 3 aromatic rings. The molecule has 162 valence electrons. The molecule has 1 aromatic carbocycles. The molecule has 0 unspecified atom stereocenters. The fourth-order valence-corrected chi connectivity index (χ4v) is 4.96. The van der Waals surface area contributed by atoms with Crippen molar-refractivity contribution in [1.82, 2.24) is 19.6 Å². The Labute approximate surface area is 192 Å². The number of aromatic nitrogens is 2. The van der Waals surface area contributed by atoms with E-state index in [1.54, 1.807) is 11.6 Å². The zero-order chi connectivity index (χ0) is 22.0. The van der Waals surface area contributed by atoms with Gasteiger partial charge in [-0.05, 0) is 46.6 Å². The maximum Gasteiger partial charge on any atom is 0.390 e. The average Bonchev–Trinajstić information content (AvgIpc) is 3.35. The molecule has 1 aliphatic rings. The van der Waals surface area contributed by atoms with Gasteiger partial charge in [0, 0.05) is 37.2 Å². The summed E-state index contributed by atoms with van der Waals surface area (Å²) in [6, 6.07) is 11.6. The van der Waals surface area contributed by atoms with E-state index >= 15 is 0 Å². The summed E-state index contributed by atoms with van der Waals surface area (Å²) in [5, 5.41) is 16.8. The van der Waals surface area contributed by atoms with Crippen LogP contribution in [0.5, 0.6) is 0 Å². The first-order valence-corrected chi connectivity index (χ1v) is 11.6. The number of benzene rings is 1. The number of rotatable bonds is 6. The number of piperazine rings is 1. The second-order valence-corrected chi connectivity index (χ2v) is 9.40. The maximum atomic E-state index is 12.9. The van der Waals surface area contributed by atoms with Gasteiger partial charge in [0.25, 0.3) is 5.91 Å². The van der Waals surface area contributed by atoms with Gasteiger partial charge in [0.1, 0.15) is 0 Å². The highest BCUT2D eigenvalue weighted by Crippen LogP contribution is 2.21. The topological polar surface area (TPSA) is 84.5 Å². The van der Waals surface area contributed by atoms with Crippen LogP contribution in [-0.4, -0.2) is 56.6 Å². The Morgan fingerprint density at radius 3 is 2.61 bits per heavy atom. The number of aryl methyl sites for hydroxylation is 1. The SMILES string of the molecule is Cc1cc([N+](=O)[O-])nn1Cc1csc(C(=O)N2CCN(Cc3cccc(Br)c3)CC2)c1. The van der Waals surface area contributed by atoms with E-state index in [0.717, 1.165) is 29.7 Å². The first-order valence-electron chi connectivity index (χ1n) is 9.91. The molecule has 0 aliphatic carbocycles. The van der Waals surface area contributed by atoms with E-state index in [0.29, 0.717) is 30.2 Å². The third-order valence-corrected chi connectivity index (χ3v) is 6.77. The summed E-state index contributed by atoms with van der Waals surface area (Å²) >= 11 is 4.92. The lowest BCUT2D eigenvalue weighted by Crippen LogP contribution is -2.48. The van der Waals surface area contributed by atoms with Crippen LogP contribution in [0.1, 0.15) is 26.5 Å². The Kier molecular flexibility index (Phi) is 6.49. The van der Waals surface area contributed by atoms with Gasteiger partial charge in [-0.25, -0.2) is 0 Å². The van der Waals surface area contributed by atoms with E-state index in [1.807, 2.05) is 28.5 Å². The van der Waals surface area contributed by atoms with Gasteiger partial charge in [-0.1, -0.05) is 28.1 Å². The number of thiophene rings is 1. The molecule has 0 atom stereocenters. The summed E-state index contributed by atoms with van der Waals surface area (Å²) in [6.45, 7) is 6.14. The number of halogens is 1. The first-order chi connectivity index (χ1) is 14.9. The maximum absolute atomic E-state index is 12.9. The van der Waals surface area contributed by atoms with Crippen molar-refractivity contribution in [2.24, 2.45) is 0 Å². The van der Waals surface area contributed by atoms with Crippen molar-refractivity contribution in [3.05, 3.63) is 78.1 Å². The fourth-order valence-electron chi connectivity index (χ4n) is 3.64. The number of carbonyl (C=O) groups is 1. The Morgan fingerprint density at radius 2 is 1.94 bits per heavy atom. The van der Waals surface area contributed by atoms with Gasteiger partial charge in [-0.3, -0.25) is 9.69 Å². The minimum atomic E-state index is -0.498. The molecule has 3 heterocycles. The zero-order valence-corrected chi connectivity index (χ0v) is 19.4. The van der Waals surface area contributed by atoms with Gasteiger partial charge >= 0.3 is 5.82 Å². The summed E-state index contributed by atoms with van der Waals surface area (Å²) in [7, 11) is 0. The van der Waals surface area contributed by atoms with Gasteiger partial charge in [0.15, 0.2) is 0 Å². The van der Waals surface area contributed by atoms with E-state index in [9.17, 15) is 14.9 Å². The molecule has 2 aromatic heterocycles. The Morgan fingerprint density at radius 1 is 1.16 bits per heavy atom. The molecule has 4 rings (SSSR count). The first kappa shape index (κ1) is 21.7. The van der Waals surface area contributed by atoms with E-state index < -0.39 is 4.92 Å². The quantitative estimate of drug-likeness (QED) is 0.375. The highest BCUT2D eigenvalue weighted by atomic mass is 79.9. The molecule has 10 heteroatoms. The van der Waals surface area contributed by atoms with Crippen LogP contribution in [0, 0.1) is 17.0 Å². The monoisotopic (exact) mass is 503 g/mol. The molecule has 1 aliphatic heterocycles. The van der Waals surface area contributed by atoms with Crippen LogP contribution in [0.25, 0.3) is 0 Å². The normalized spacial score (nSPS) is 14.7. The molecule has 1 amide bonds. The molecule has 0 radical (unpaired) electrons. The van der Waals surface area contributed by atoms with Gasteiger partial charge in [0.2, 0.25) is 0 Å². The third kappa shape index (κ3) is 5.20. The molecule has 0 spiro atoms. The zero-order valence-electron chi connectivity index (χ0n) is 17.0. The van der Waals surface area contributed by atoms with E-state index in [2.05, 4.69) is 38.1 Å². The van der Waals surface area contributed by atoms with Crippen LogP contribution < -0.4 is 0 Å². The lowest BCUT2D eigenvalue weighted by molar-refractivity contribution is -0.389. The van der Waals surface area contributed by atoms with Crippen LogP contribution in [0.2, 0.25) is 0 Å². The van der Waals surface area contributed by atoms with Crippen LogP contribution in [0.15, 0.2) is 46.3 Å². The summed E-state index contributed by atoms with van der Waals surface area (Å²) in [4.78, 5) is 28.3. The molecule has 0 N–H and O–H groups in total. The molecular formula is C21H22BrN5O3S. The average molecular weight is 504 g/mol. The standard InChI is InChI=1S/C21H22BrN5O3S/c1-15-9-20(27(29)30)23-26(15)13-17-11-19(31-14-17)21(28)25-7-5-24(6-8-25)12-16-3-2-4-18(22)10-16/h2-4,9-11,14H,5-8,12-13H2,1H3. The van der Waals surface area contributed by atoms with Gasteiger partial charge in [-0.2, -0.15) is 4.68 Å². The van der Waals surface area contributed by atoms with Crippen molar-refractivity contribution in [3.63, 3.8) is 0 Å². The number of hydrogen-bond donors (Lipinski definition) is 0. The summed E-state index contributed by atoms with van der Waals surface area (Å²) < 4.78 is 2.67. The summed E-state index contributed by atoms with van der Waals surface area (Å²) in [6.07, 6.45) is 0. The highest BCUT2D eigenvalue weighted by molar-refractivity contribution is 9.10. The number of nitro groups is 1. The van der Waals surface area contributed by atoms with Crippen molar-refractivity contribution >= 4 is 39.0 Å². The minimum Gasteiger partial charge on any atom is -0.358 e. The smallest absolute Gasteiger partial charge is 0.358 e. The van der Waals surface area contributed by atoms with Crippen LogP contribution in [0.4, 0.5) is 5.82 Å². The van der Waals surface area contributed by atoms with Crippen molar-refractivity contribution in [2.45, 2.75) is 20.0 Å². The van der Waals surface area contributed by atoms with Gasteiger partial charge in [0.05, 0.1) is 28.3 Å². The van der Waals surface area contributed by atoms with Crippen molar-refractivity contribution in [1.29, 1.82) is 0 Å². The third-order valence-electron chi connectivity index (χ3n) is 5.31. The predicted molar refractivity (Wildman–Crippen MR) is 122 cm³/mol. The molecule has 1 fully saturated rings. The van der Waals surface area contributed by atoms with Crippen molar-refractivity contribution in [2.75, 3.05) is 26.2 Å². The van der Waals surface area contributed by atoms with Gasteiger partial charge < -0.3 is 15.0 Å². The van der Waals surface area contributed by atoms with Crippen LogP contribution >= 0.6 is 27.3 Å². The summed E-state index contributed by atoms with van der Waals surface area (Å²) in [5.74, 6) is -0.119. The summed E-state index contributed by atoms with van der Waals surface area (Å²) in [5.41, 5.74) is 2.89. The van der Waals surface area contributed by atoms with E-state index in [4.69, 9.17) is 0 Å². The minimum absolute atomic E-state index is 0.0431. The largest absolute Gasteiger partial charge is 0.390 e. The molecular weight excluding hydrogens is 482 g/mol. The second kappa shape index (κ2) is 9.29. The Bertz CT molecular complexity index is 1100. The molecule has 0 saturated carbocycles. The van der Waals surface area contributed by atoms with Crippen LogP contribution in [-0.2, 0) is 13.1 Å². The van der Waals surface area contributed by atoms with Crippen LogP contribution in [0.3, 0.4) is 0 Å². The highest BCUT2D eigenvalue weighted by Gasteiger charge is 2.24. The lowest BCUT2D eigenvalue weighted by Gasteiger charge is -2.34. The number of hydrogen-bond acceptors (Lipinski definition) is 6. The van der Waals surface area contributed by atoms with Gasteiger partial charge in [-0.15, -0.1) is 11.3 Å². The Balaban J connectivity index is 1.33. The van der Waals surface area contributed by atoms with Crippen molar-refractivity contribution in [3.8, 4) is 0 Å². The molecule has 1 saturated heterocycles. The number of nitrogens with zero attached hydrogens (tertiary/aromatic N) is 5. The van der Waals surface area contributed by atoms with Crippen molar-refractivity contribution < 1.29 is 9.72 Å². The number of carbonyl (C=O) groups excluding carboxylic acids is 1. The van der Waals surface area contributed by atoms with E-state index in [-0.39, 0.29) is 11.7 Å². The lowest BCUT2D eigenvalue weighted by atomic mass is 10.2. The molecule has 0 bridgehead atoms. The molecule has 8 nitrogen and oxygen atoms in total. The Hall–Kier alpha value is -2.56. The second-order valence-electron chi connectivity index (χ2n) is 7.58. The van der Waals surface area contributed by atoms with E-state index in [1.165, 1.54) is 23.0 Å². The fraction of sp³-hybridized carbons (Fsp3) is 0.333.